The number of nitrogens with two attached hydrogens (primary N) is 1. The molecule has 0 spiro atoms. The molecule has 0 aliphatic rings. The molecule has 0 fully saturated rings. The van der Waals surface area contributed by atoms with Crippen LogP contribution in [0.3, 0.4) is 0 Å². The fraction of sp³-hybridized carbons (Fsp3) is 0.400. The number of methoxy groups -OCH3 is 1. The van der Waals surface area contributed by atoms with E-state index in [1.54, 1.807) is 7.11 Å². The monoisotopic (exact) mass is 199 g/mol. The van der Waals surface area contributed by atoms with Crippen LogP contribution in [0.15, 0.2) is 24.3 Å². The van der Waals surface area contributed by atoms with Gasteiger partial charge >= 0.3 is 0 Å². The topological polar surface area (TPSA) is 35.2 Å². The van der Waals surface area contributed by atoms with Gasteiger partial charge in [-0.2, -0.15) is 0 Å². The zero-order valence-corrected chi connectivity index (χ0v) is 8.58. The molecule has 0 aromatic heterocycles. The summed E-state index contributed by atoms with van der Waals surface area (Å²) in [6.07, 6.45) is -0.131. The molecule has 2 nitrogen and oxygen atoms in total. The van der Waals surface area contributed by atoms with E-state index >= 15 is 0 Å². The molecule has 0 aliphatic heterocycles. The van der Waals surface area contributed by atoms with Crippen LogP contribution in [-0.2, 0) is 4.74 Å². The summed E-state index contributed by atoms with van der Waals surface area (Å²) in [5.41, 5.74) is 6.71. The van der Waals surface area contributed by atoms with Crippen LogP contribution in [-0.4, -0.2) is 13.2 Å². The van der Waals surface area contributed by atoms with E-state index in [1.165, 1.54) is 0 Å². The van der Waals surface area contributed by atoms with Crippen LogP contribution < -0.4 is 5.73 Å². The molecule has 1 rings (SSSR count). The maximum absolute atomic E-state index is 6.01. The summed E-state index contributed by atoms with van der Waals surface area (Å²) < 4.78 is 5.27. The molecule has 3 heteroatoms. The van der Waals surface area contributed by atoms with E-state index in [1.807, 2.05) is 31.2 Å². The molecule has 0 bridgehead atoms. The summed E-state index contributed by atoms with van der Waals surface area (Å²) in [4.78, 5) is 0. The number of hydrogen-bond acceptors (Lipinski definition) is 2. The molecule has 2 N–H and O–H groups in total. The highest BCUT2D eigenvalue weighted by molar-refractivity contribution is 6.31. The zero-order chi connectivity index (χ0) is 9.84. The van der Waals surface area contributed by atoms with Gasteiger partial charge in [-0.25, -0.2) is 0 Å². The highest BCUT2D eigenvalue weighted by atomic mass is 35.5. The van der Waals surface area contributed by atoms with Crippen molar-refractivity contribution in [3.8, 4) is 0 Å². The van der Waals surface area contributed by atoms with Crippen molar-refractivity contribution in [3.63, 3.8) is 0 Å². The second kappa shape index (κ2) is 4.61. The maximum Gasteiger partial charge on any atom is 0.0983 e. The Kier molecular flexibility index (Phi) is 3.72. The first kappa shape index (κ1) is 10.5. The van der Waals surface area contributed by atoms with E-state index in [4.69, 9.17) is 22.1 Å². The molecule has 0 heterocycles. The third-order valence-electron chi connectivity index (χ3n) is 1.94. The molecule has 2 unspecified atom stereocenters. The Labute approximate surface area is 83.6 Å². The van der Waals surface area contributed by atoms with Crippen molar-refractivity contribution in [2.24, 2.45) is 5.73 Å². The molecule has 0 radical (unpaired) electrons. The van der Waals surface area contributed by atoms with Gasteiger partial charge in [0.05, 0.1) is 6.10 Å². The number of hydrogen-bond donors (Lipinski definition) is 1. The van der Waals surface area contributed by atoms with Crippen molar-refractivity contribution in [1.82, 2.24) is 0 Å². The molecule has 2 atom stereocenters. The Hall–Kier alpha value is -0.570. The molecule has 0 saturated heterocycles. The summed E-state index contributed by atoms with van der Waals surface area (Å²) in [7, 11) is 1.64. The van der Waals surface area contributed by atoms with Crippen LogP contribution in [0.25, 0.3) is 0 Å². The Balaban J connectivity index is 2.97. The maximum atomic E-state index is 6.01. The lowest BCUT2D eigenvalue weighted by Crippen LogP contribution is -2.26. The third kappa shape index (κ3) is 2.44. The minimum absolute atomic E-state index is 0.0649. The SMILES string of the molecule is COC(c1ccccc1Cl)C(C)N. The summed E-state index contributed by atoms with van der Waals surface area (Å²) in [6, 6.07) is 7.52. The van der Waals surface area contributed by atoms with Crippen LogP contribution in [0.4, 0.5) is 0 Å². The molecule has 13 heavy (non-hydrogen) atoms. The van der Waals surface area contributed by atoms with Gasteiger partial charge in [0.25, 0.3) is 0 Å². The zero-order valence-electron chi connectivity index (χ0n) is 7.83. The van der Waals surface area contributed by atoms with Crippen LogP contribution >= 0.6 is 11.6 Å². The van der Waals surface area contributed by atoms with E-state index in [0.29, 0.717) is 5.02 Å². The third-order valence-corrected chi connectivity index (χ3v) is 2.29. The van der Waals surface area contributed by atoms with Gasteiger partial charge < -0.3 is 10.5 Å². The van der Waals surface area contributed by atoms with Crippen LogP contribution in [0.2, 0.25) is 5.02 Å². The fourth-order valence-corrected chi connectivity index (χ4v) is 1.57. The van der Waals surface area contributed by atoms with E-state index in [9.17, 15) is 0 Å². The Morgan fingerprint density at radius 3 is 2.46 bits per heavy atom. The molecule has 0 saturated carbocycles. The van der Waals surface area contributed by atoms with E-state index in [0.717, 1.165) is 5.56 Å². The lowest BCUT2D eigenvalue weighted by Gasteiger charge is -2.20. The average Bonchev–Trinajstić information content (AvgIpc) is 2.09. The normalized spacial score (nSPS) is 15.4. The second-order valence-electron chi connectivity index (χ2n) is 3.04. The minimum atomic E-state index is -0.131. The number of halogens is 1. The molecule has 1 aromatic rings. The van der Waals surface area contributed by atoms with Crippen LogP contribution in [0.5, 0.6) is 0 Å². The first-order valence-corrected chi connectivity index (χ1v) is 4.57. The van der Waals surface area contributed by atoms with Crippen molar-refractivity contribution in [2.75, 3.05) is 7.11 Å². The Morgan fingerprint density at radius 2 is 2.00 bits per heavy atom. The van der Waals surface area contributed by atoms with Gasteiger partial charge in [0.1, 0.15) is 0 Å². The number of rotatable bonds is 3. The van der Waals surface area contributed by atoms with Crippen molar-refractivity contribution < 1.29 is 4.74 Å². The number of ether oxygens (including phenoxy) is 1. The van der Waals surface area contributed by atoms with E-state index < -0.39 is 0 Å². The van der Waals surface area contributed by atoms with Crippen molar-refractivity contribution >= 4 is 11.6 Å². The quantitative estimate of drug-likeness (QED) is 0.812. The first-order valence-electron chi connectivity index (χ1n) is 4.19. The smallest absolute Gasteiger partial charge is 0.0983 e. The van der Waals surface area contributed by atoms with Crippen LogP contribution in [0, 0.1) is 0 Å². The van der Waals surface area contributed by atoms with Gasteiger partial charge in [0.15, 0.2) is 0 Å². The Bertz CT molecular complexity index is 275. The lowest BCUT2D eigenvalue weighted by molar-refractivity contribution is 0.0854. The molecular weight excluding hydrogens is 186 g/mol. The van der Waals surface area contributed by atoms with Crippen molar-refractivity contribution in [3.05, 3.63) is 34.9 Å². The summed E-state index contributed by atoms with van der Waals surface area (Å²) in [5, 5.41) is 0.701. The predicted octanol–water partition coefficient (Wildman–Crippen LogP) is 2.37. The fourth-order valence-electron chi connectivity index (χ4n) is 1.33. The van der Waals surface area contributed by atoms with Crippen molar-refractivity contribution in [1.29, 1.82) is 0 Å². The van der Waals surface area contributed by atoms with Gasteiger partial charge in [-0.05, 0) is 13.0 Å². The van der Waals surface area contributed by atoms with Gasteiger partial charge in [0.2, 0.25) is 0 Å². The van der Waals surface area contributed by atoms with Gasteiger partial charge in [-0.1, -0.05) is 29.8 Å². The highest BCUT2D eigenvalue weighted by Gasteiger charge is 2.17. The molecular formula is C10H14ClNO. The van der Waals surface area contributed by atoms with Gasteiger partial charge in [-0.15, -0.1) is 0 Å². The predicted molar refractivity (Wildman–Crippen MR) is 54.9 cm³/mol. The van der Waals surface area contributed by atoms with E-state index in [-0.39, 0.29) is 12.1 Å². The molecule has 0 aliphatic carbocycles. The second-order valence-corrected chi connectivity index (χ2v) is 3.44. The number of benzene rings is 1. The largest absolute Gasteiger partial charge is 0.375 e. The molecule has 1 aromatic carbocycles. The summed E-state index contributed by atoms with van der Waals surface area (Å²) in [5.74, 6) is 0. The molecule has 0 amide bonds. The van der Waals surface area contributed by atoms with Gasteiger partial charge in [0, 0.05) is 23.7 Å². The Morgan fingerprint density at radius 1 is 1.38 bits per heavy atom. The first-order chi connectivity index (χ1) is 6.16. The molecule has 72 valence electrons. The standard InChI is InChI=1S/C10H14ClNO/c1-7(12)10(13-2)8-5-3-4-6-9(8)11/h3-7,10H,12H2,1-2H3. The van der Waals surface area contributed by atoms with E-state index in [2.05, 4.69) is 0 Å². The minimum Gasteiger partial charge on any atom is -0.375 e. The summed E-state index contributed by atoms with van der Waals surface area (Å²) in [6.45, 7) is 1.90. The lowest BCUT2D eigenvalue weighted by atomic mass is 10.0. The van der Waals surface area contributed by atoms with Crippen molar-refractivity contribution in [2.45, 2.75) is 19.1 Å². The average molecular weight is 200 g/mol. The van der Waals surface area contributed by atoms with Crippen LogP contribution in [0.1, 0.15) is 18.6 Å². The summed E-state index contributed by atoms with van der Waals surface area (Å²) >= 11 is 6.01. The highest BCUT2D eigenvalue weighted by Crippen LogP contribution is 2.26. The van der Waals surface area contributed by atoms with Gasteiger partial charge in [-0.3, -0.25) is 0 Å².